The maximum Gasteiger partial charge on any atom is 0.505 e. The van der Waals surface area contributed by atoms with Crippen LogP contribution in [-0.4, -0.2) is 57.0 Å². The third kappa shape index (κ3) is 11.0. The molecule has 0 heterocycles. The molecule has 0 aliphatic carbocycles. The van der Waals surface area contributed by atoms with Crippen molar-refractivity contribution in [1.29, 1.82) is 0 Å². The first-order chi connectivity index (χ1) is 9.63. The van der Waals surface area contributed by atoms with E-state index in [2.05, 4.69) is 11.7 Å². The van der Waals surface area contributed by atoms with Crippen LogP contribution in [0.3, 0.4) is 0 Å². The summed E-state index contributed by atoms with van der Waals surface area (Å²) in [4.78, 5) is 10.3. The van der Waals surface area contributed by atoms with Gasteiger partial charge in [0.05, 0.1) is 25.4 Å². The van der Waals surface area contributed by atoms with Crippen molar-refractivity contribution in [2.75, 3.05) is 33.5 Å². The summed E-state index contributed by atoms with van der Waals surface area (Å²) in [5.74, 6) is 0. The second-order valence-electron chi connectivity index (χ2n) is 4.48. The Morgan fingerprint density at radius 3 is 2.40 bits per heavy atom. The van der Waals surface area contributed by atoms with Crippen LogP contribution in [0.25, 0.3) is 0 Å². The van der Waals surface area contributed by atoms with Crippen LogP contribution >= 0.6 is 0 Å². The molecule has 6 heteroatoms. The quantitative estimate of drug-likeness (QED) is 0.415. The molecule has 2 unspecified atom stereocenters. The molecule has 1 N–H and O–H groups in total. The van der Waals surface area contributed by atoms with Crippen molar-refractivity contribution in [2.45, 2.75) is 51.7 Å². The number of carboxylic acid groups (broad SMARTS) is 1. The Morgan fingerprint density at radius 2 is 1.85 bits per heavy atom. The Labute approximate surface area is 121 Å². The Balaban J connectivity index is 3.96. The maximum absolute atomic E-state index is 10.3. The van der Waals surface area contributed by atoms with E-state index < -0.39 is 6.16 Å². The summed E-state index contributed by atoms with van der Waals surface area (Å²) in [5.41, 5.74) is 0. The van der Waals surface area contributed by atoms with E-state index in [1.165, 1.54) is 0 Å². The van der Waals surface area contributed by atoms with Gasteiger partial charge in [-0.3, -0.25) is 0 Å². The van der Waals surface area contributed by atoms with Gasteiger partial charge in [0.15, 0.2) is 0 Å². The monoisotopic (exact) mass is 292 g/mol. The van der Waals surface area contributed by atoms with Crippen molar-refractivity contribution in [1.82, 2.24) is 0 Å². The van der Waals surface area contributed by atoms with Crippen molar-refractivity contribution in [3.8, 4) is 0 Å². The lowest BCUT2D eigenvalue weighted by Crippen LogP contribution is -2.25. The van der Waals surface area contributed by atoms with Gasteiger partial charge >= 0.3 is 6.16 Å². The molecule has 6 nitrogen and oxygen atoms in total. The first-order valence-corrected chi connectivity index (χ1v) is 7.21. The summed E-state index contributed by atoms with van der Waals surface area (Å²) in [7, 11) is 1.65. The number of ether oxygens (including phenoxy) is 4. The van der Waals surface area contributed by atoms with E-state index in [0.717, 1.165) is 19.3 Å². The molecule has 0 bridgehead atoms. The number of carbonyl (C=O) groups is 1. The average Bonchev–Trinajstić information content (AvgIpc) is 2.43. The van der Waals surface area contributed by atoms with Gasteiger partial charge in [-0.2, -0.15) is 0 Å². The van der Waals surface area contributed by atoms with Crippen molar-refractivity contribution in [3.05, 3.63) is 0 Å². The largest absolute Gasteiger partial charge is 0.505 e. The first kappa shape index (κ1) is 19.1. The minimum Gasteiger partial charge on any atom is -0.450 e. The molecule has 0 rings (SSSR count). The van der Waals surface area contributed by atoms with Crippen LogP contribution < -0.4 is 0 Å². The highest BCUT2D eigenvalue weighted by atomic mass is 16.7. The predicted molar refractivity (Wildman–Crippen MR) is 75.1 cm³/mol. The number of methoxy groups -OCH3 is 1. The van der Waals surface area contributed by atoms with Crippen LogP contribution in [0.4, 0.5) is 4.79 Å². The molecular formula is C14H28O6. The van der Waals surface area contributed by atoms with E-state index in [0.29, 0.717) is 26.2 Å². The van der Waals surface area contributed by atoms with E-state index in [1.54, 1.807) is 7.11 Å². The molecule has 0 saturated carbocycles. The predicted octanol–water partition coefficient (Wildman–Crippen LogP) is 2.70. The molecule has 0 aliphatic heterocycles. The van der Waals surface area contributed by atoms with Gasteiger partial charge in [-0.05, 0) is 32.6 Å². The highest BCUT2D eigenvalue weighted by molar-refractivity contribution is 5.56. The lowest BCUT2D eigenvalue weighted by Gasteiger charge is -2.21. The number of rotatable bonds is 13. The zero-order valence-corrected chi connectivity index (χ0v) is 12.8. The van der Waals surface area contributed by atoms with E-state index >= 15 is 0 Å². The van der Waals surface area contributed by atoms with Crippen molar-refractivity contribution in [2.24, 2.45) is 0 Å². The standard InChI is InChI=1S/C14H28O6/c1-4-12(18-5-2)11-20-13(8-10-17-3)7-6-9-19-14(15)16/h12-13H,4-11H2,1-3H3,(H,15,16). The Bertz CT molecular complexity index is 234. The van der Waals surface area contributed by atoms with E-state index in [-0.39, 0.29) is 18.8 Å². The summed E-state index contributed by atoms with van der Waals surface area (Å²) in [6, 6.07) is 0. The van der Waals surface area contributed by atoms with Crippen molar-refractivity contribution >= 4 is 6.16 Å². The van der Waals surface area contributed by atoms with Crippen LogP contribution in [0.2, 0.25) is 0 Å². The lowest BCUT2D eigenvalue weighted by molar-refractivity contribution is -0.0528. The highest BCUT2D eigenvalue weighted by Crippen LogP contribution is 2.10. The average molecular weight is 292 g/mol. The van der Waals surface area contributed by atoms with Crippen molar-refractivity contribution < 1.29 is 28.8 Å². The molecule has 120 valence electrons. The molecule has 0 aromatic carbocycles. The van der Waals surface area contributed by atoms with E-state index in [4.69, 9.17) is 19.3 Å². The van der Waals surface area contributed by atoms with Gasteiger partial charge in [-0.1, -0.05) is 6.92 Å². The Morgan fingerprint density at radius 1 is 1.10 bits per heavy atom. The number of hydrogen-bond acceptors (Lipinski definition) is 5. The molecule has 0 aromatic rings. The highest BCUT2D eigenvalue weighted by Gasteiger charge is 2.13. The zero-order chi connectivity index (χ0) is 15.2. The van der Waals surface area contributed by atoms with Gasteiger partial charge in [0.1, 0.15) is 0 Å². The summed E-state index contributed by atoms with van der Waals surface area (Å²) in [5, 5.41) is 8.40. The fourth-order valence-electron chi connectivity index (χ4n) is 1.79. The SMILES string of the molecule is CCOC(CC)COC(CCCOC(=O)O)CCOC. The van der Waals surface area contributed by atoms with Gasteiger partial charge in [0.25, 0.3) is 0 Å². The summed E-state index contributed by atoms with van der Waals surface area (Å²) >= 11 is 0. The summed E-state index contributed by atoms with van der Waals surface area (Å²) in [6.07, 6.45) is 2.01. The molecule has 0 saturated heterocycles. The third-order valence-corrected chi connectivity index (χ3v) is 2.92. The van der Waals surface area contributed by atoms with Crippen molar-refractivity contribution in [3.63, 3.8) is 0 Å². The van der Waals surface area contributed by atoms with Crippen LogP contribution in [0.15, 0.2) is 0 Å². The Hall–Kier alpha value is -0.850. The van der Waals surface area contributed by atoms with Crippen LogP contribution in [0.5, 0.6) is 0 Å². The first-order valence-electron chi connectivity index (χ1n) is 7.21. The third-order valence-electron chi connectivity index (χ3n) is 2.92. The molecule has 0 aliphatic rings. The number of hydrogen-bond donors (Lipinski definition) is 1. The summed E-state index contributed by atoms with van der Waals surface area (Å²) in [6.45, 7) is 6.08. The van der Waals surface area contributed by atoms with E-state index in [9.17, 15) is 4.79 Å². The molecule has 0 amide bonds. The van der Waals surface area contributed by atoms with E-state index in [1.807, 2.05) is 6.92 Å². The molecule has 0 fully saturated rings. The van der Waals surface area contributed by atoms with Crippen LogP contribution in [-0.2, 0) is 18.9 Å². The fraction of sp³-hybridized carbons (Fsp3) is 0.929. The minimum atomic E-state index is -1.23. The lowest BCUT2D eigenvalue weighted by atomic mass is 10.1. The molecule has 2 atom stereocenters. The van der Waals surface area contributed by atoms with Crippen LogP contribution in [0, 0.1) is 0 Å². The van der Waals surface area contributed by atoms with Crippen LogP contribution in [0.1, 0.15) is 39.5 Å². The Kier molecular flexibility index (Phi) is 12.6. The van der Waals surface area contributed by atoms with Gasteiger partial charge in [-0.25, -0.2) is 4.79 Å². The minimum absolute atomic E-state index is 0.0434. The second kappa shape index (κ2) is 13.1. The fourth-order valence-corrected chi connectivity index (χ4v) is 1.79. The zero-order valence-electron chi connectivity index (χ0n) is 12.8. The van der Waals surface area contributed by atoms with Gasteiger partial charge < -0.3 is 24.1 Å². The second-order valence-corrected chi connectivity index (χ2v) is 4.48. The van der Waals surface area contributed by atoms with Gasteiger partial charge in [0.2, 0.25) is 0 Å². The molecule has 0 radical (unpaired) electrons. The molecule has 0 aromatic heterocycles. The molecular weight excluding hydrogens is 264 g/mol. The molecule has 20 heavy (non-hydrogen) atoms. The summed E-state index contributed by atoms with van der Waals surface area (Å²) < 4.78 is 20.9. The normalized spacial score (nSPS) is 13.9. The molecule has 0 spiro atoms. The smallest absolute Gasteiger partial charge is 0.450 e. The maximum atomic E-state index is 10.3. The van der Waals surface area contributed by atoms with Gasteiger partial charge in [-0.15, -0.1) is 0 Å². The van der Waals surface area contributed by atoms with Gasteiger partial charge in [0, 0.05) is 20.3 Å². The topological polar surface area (TPSA) is 74.2 Å².